The van der Waals surface area contributed by atoms with Gasteiger partial charge in [0.15, 0.2) is 5.60 Å². The van der Waals surface area contributed by atoms with Crippen molar-refractivity contribution in [3.63, 3.8) is 0 Å². The number of alkyl halides is 3. The van der Waals surface area contributed by atoms with Crippen molar-refractivity contribution < 1.29 is 18.3 Å². The van der Waals surface area contributed by atoms with Gasteiger partial charge in [0.05, 0.1) is 0 Å². The summed E-state index contributed by atoms with van der Waals surface area (Å²) in [6.45, 7) is -0.866. The minimum atomic E-state index is -4.76. The third-order valence-corrected chi connectivity index (χ3v) is 3.34. The third kappa shape index (κ3) is 1.93. The molecule has 2 rings (SSSR count). The maximum atomic E-state index is 12.8. The van der Waals surface area contributed by atoms with E-state index in [-0.39, 0.29) is 5.56 Å². The predicted molar refractivity (Wildman–Crippen MR) is 57.5 cm³/mol. The van der Waals surface area contributed by atoms with Crippen LogP contribution < -0.4 is 5.73 Å². The van der Waals surface area contributed by atoms with Crippen LogP contribution in [0.1, 0.15) is 23.1 Å². The van der Waals surface area contributed by atoms with Gasteiger partial charge in [0.1, 0.15) is 0 Å². The summed E-state index contributed by atoms with van der Waals surface area (Å²) >= 11 is 0. The van der Waals surface area contributed by atoms with E-state index in [9.17, 15) is 18.3 Å². The summed E-state index contributed by atoms with van der Waals surface area (Å²) in [5.41, 5.74) is 3.95. The number of fused-ring (bicyclic) bond motifs is 1. The largest absolute Gasteiger partial charge is 0.422 e. The number of aliphatic hydroxyl groups is 1. The minimum absolute atomic E-state index is 0.159. The molecule has 1 aliphatic carbocycles. The smallest absolute Gasteiger partial charge is 0.375 e. The summed E-state index contributed by atoms with van der Waals surface area (Å²) in [5.74, 6) is 0. The third-order valence-electron chi connectivity index (χ3n) is 3.34. The first kappa shape index (κ1) is 12.4. The van der Waals surface area contributed by atoms with Gasteiger partial charge in [0, 0.05) is 6.54 Å². The molecule has 0 bridgehead atoms. The van der Waals surface area contributed by atoms with Crippen LogP contribution in [0.15, 0.2) is 18.2 Å². The van der Waals surface area contributed by atoms with Gasteiger partial charge >= 0.3 is 6.18 Å². The Hall–Kier alpha value is -1.07. The molecule has 0 spiro atoms. The van der Waals surface area contributed by atoms with Crippen molar-refractivity contribution in [2.45, 2.75) is 31.0 Å². The zero-order valence-electron chi connectivity index (χ0n) is 9.22. The van der Waals surface area contributed by atoms with E-state index in [2.05, 4.69) is 0 Å². The topological polar surface area (TPSA) is 46.2 Å². The molecule has 1 aliphatic rings. The first-order valence-electron chi connectivity index (χ1n) is 5.50. The van der Waals surface area contributed by atoms with Gasteiger partial charge < -0.3 is 10.8 Å². The molecule has 0 amide bonds. The Morgan fingerprint density at radius 3 is 2.41 bits per heavy atom. The molecule has 0 radical (unpaired) electrons. The van der Waals surface area contributed by atoms with Crippen LogP contribution in [0.25, 0.3) is 0 Å². The van der Waals surface area contributed by atoms with Gasteiger partial charge in [-0.25, -0.2) is 0 Å². The molecule has 0 fully saturated rings. The Kier molecular flexibility index (Phi) is 2.91. The average Bonchev–Trinajstić information content (AvgIpc) is 2.73. The van der Waals surface area contributed by atoms with Crippen molar-refractivity contribution in [3.05, 3.63) is 34.9 Å². The van der Waals surface area contributed by atoms with Gasteiger partial charge in [0.2, 0.25) is 0 Å². The van der Waals surface area contributed by atoms with Crippen LogP contribution in [0, 0.1) is 0 Å². The number of rotatable bonds is 2. The van der Waals surface area contributed by atoms with Crippen molar-refractivity contribution in [3.8, 4) is 0 Å². The molecule has 0 saturated heterocycles. The van der Waals surface area contributed by atoms with Gasteiger partial charge in [-0.2, -0.15) is 13.2 Å². The highest BCUT2D eigenvalue weighted by Gasteiger charge is 2.54. The molecule has 5 heteroatoms. The van der Waals surface area contributed by atoms with Gasteiger partial charge in [-0.3, -0.25) is 0 Å². The second kappa shape index (κ2) is 3.99. The number of nitrogens with two attached hydrogens (primary N) is 1. The Morgan fingerprint density at radius 1 is 1.18 bits per heavy atom. The van der Waals surface area contributed by atoms with Crippen LogP contribution in [0.4, 0.5) is 13.2 Å². The number of hydrogen-bond donors (Lipinski definition) is 2. The molecule has 94 valence electrons. The molecule has 1 aromatic carbocycles. The first-order chi connectivity index (χ1) is 7.88. The standard InChI is InChI=1S/C12H14F3NO/c13-12(14,15)11(17,7-16)10-5-4-8-2-1-3-9(8)6-10/h4-6,17H,1-3,7,16H2. The molecular formula is C12H14F3NO. The minimum Gasteiger partial charge on any atom is -0.375 e. The summed E-state index contributed by atoms with van der Waals surface area (Å²) in [4.78, 5) is 0. The molecule has 3 N–H and O–H groups in total. The highest BCUT2D eigenvalue weighted by molar-refractivity contribution is 5.38. The van der Waals surface area contributed by atoms with Crippen LogP contribution in [0.3, 0.4) is 0 Å². The molecule has 1 atom stereocenters. The van der Waals surface area contributed by atoms with Gasteiger partial charge in [-0.15, -0.1) is 0 Å². The van der Waals surface area contributed by atoms with E-state index in [1.807, 2.05) is 0 Å². The van der Waals surface area contributed by atoms with Crippen LogP contribution in [-0.4, -0.2) is 17.8 Å². The van der Waals surface area contributed by atoms with Crippen LogP contribution >= 0.6 is 0 Å². The van der Waals surface area contributed by atoms with Crippen molar-refractivity contribution in [1.82, 2.24) is 0 Å². The summed E-state index contributed by atoms with van der Waals surface area (Å²) in [6, 6.07) is 4.41. The lowest BCUT2D eigenvalue weighted by atomic mass is 9.91. The monoisotopic (exact) mass is 245 g/mol. The van der Waals surface area contributed by atoms with Crippen molar-refractivity contribution >= 4 is 0 Å². The maximum absolute atomic E-state index is 12.8. The maximum Gasteiger partial charge on any atom is 0.422 e. The van der Waals surface area contributed by atoms with E-state index in [1.165, 1.54) is 12.1 Å². The van der Waals surface area contributed by atoms with E-state index >= 15 is 0 Å². The summed E-state index contributed by atoms with van der Waals surface area (Å²) in [6.07, 6.45) is -2.15. The van der Waals surface area contributed by atoms with Gasteiger partial charge in [0.25, 0.3) is 0 Å². The Bertz CT molecular complexity index is 430. The molecule has 17 heavy (non-hydrogen) atoms. The zero-order valence-corrected chi connectivity index (χ0v) is 9.22. The SMILES string of the molecule is NCC(O)(c1ccc2c(c1)CCC2)C(F)(F)F. The van der Waals surface area contributed by atoms with Crippen LogP contribution in [-0.2, 0) is 18.4 Å². The molecule has 1 unspecified atom stereocenters. The average molecular weight is 245 g/mol. The second-order valence-electron chi connectivity index (χ2n) is 4.40. The Labute approximate surface area is 97.2 Å². The number of aryl methyl sites for hydroxylation is 2. The second-order valence-corrected chi connectivity index (χ2v) is 4.40. The van der Waals surface area contributed by atoms with E-state index in [0.717, 1.165) is 30.4 Å². The van der Waals surface area contributed by atoms with Gasteiger partial charge in [-0.1, -0.05) is 18.2 Å². The summed E-state index contributed by atoms with van der Waals surface area (Å²) in [5, 5.41) is 9.71. The Morgan fingerprint density at radius 2 is 1.82 bits per heavy atom. The molecule has 0 saturated carbocycles. The molecule has 1 aromatic rings. The molecular weight excluding hydrogens is 231 g/mol. The Balaban J connectivity index is 2.45. The number of halogens is 3. The number of benzene rings is 1. The lowest BCUT2D eigenvalue weighted by Gasteiger charge is -2.29. The van der Waals surface area contributed by atoms with Crippen LogP contribution in [0.5, 0.6) is 0 Å². The van der Waals surface area contributed by atoms with E-state index in [1.54, 1.807) is 6.07 Å². The first-order valence-corrected chi connectivity index (χ1v) is 5.50. The lowest BCUT2D eigenvalue weighted by Crippen LogP contribution is -2.48. The van der Waals surface area contributed by atoms with Gasteiger partial charge in [-0.05, 0) is 36.0 Å². The van der Waals surface area contributed by atoms with Crippen molar-refractivity contribution in [2.24, 2.45) is 5.73 Å². The van der Waals surface area contributed by atoms with E-state index < -0.39 is 18.3 Å². The molecule has 2 nitrogen and oxygen atoms in total. The zero-order chi connectivity index (χ0) is 12.7. The fraction of sp³-hybridized carbons (Fsp3) is 0.500. The summed E-state index contributed by atoms with van der Waals surface area (Å²) in [7, 11) is 0. The van der Waals surface area contributed by atoms with Crippen molar-refractivity contribution in [2.75, 3.05) is 6.54 Å². The van der Waals surface area contributed by atoms with Crippen LogP contribution in [0.2, 0.25) is 0 Å². The van der Waals surface area contributed by atoms with Crippen molar-refractivity contribution in [1.29, 1.82) is 0 Å². The highest BCUT2D eigenvalue weighted by Crippen LogP contribution is 2.39. The van der Waals surface area contributed by atoms with E-state index in [4.69, 9.17) is 5.73 Å². The fourth-order valence-corrected chi connectivity index (χ4v) is 2.23. The predicted octanol–water partition coefficient (Wildman–Crippen LogP) is 1.88. The number of hydrogen-bond acceptors (Lipinski definition) is 2. The summed E-state index contributed by atoms with van der Waals surface area (Å²) < 4.78 is 38.4. The molecule has 0 heterocycles. The lowest BCUT2D eigenvalue weighted by molar-refractivity contribution is -0.262. The normalized spacial score (nSPS) is 18.9. The fourth-order valence-electron chi connectivity index (χ4n) is 2.23. The molecule has 0 aliphatic heterocycles. The molecule has 0 aromatic heterocycles. The quantitative estimate of drug-likeness (QED) is 0.835. The highest BCUT2D eigenvalue weighted by atomic mass is 19.4. The van der Waals surface area contributed by atoms with E-state index in [0.29, 0.717) is 0 Å².